The summed E-state index contributed by atoms with van der Waals surface area (Å²) in [6.45, 7) is 0. The predicted octanol–water partition coefficient (Wildman–Crippen LogP) is 1.92. The lowest BCUT2D eigenvalue weighted by Crippen LogP contribution is -1.94. The maximum atomic E-state index is 5.09. The van der Waals surface area contributed by atoms with Crippen molar-refractivity contribution in [2.75, 3.05) is 19.5 Å². The van der Waals surface area contributed by atoms with Crippen molar-refractivity contribution in [1.82, 2.24) is 9.78 Å². The molecular formula is C11H13N3O. The lowest BCUT2D eigenvalue weighted by atomic mass is 10.3. The summed E-state index contributed by atoms with van der Waals surface area (Å²) in [5.41, 5.74) is 2.00. The molecule has 0 radical (unpaired) electrons. The van der Waals surface area contributed by atoms with Gasteiger partial charge in [0.2, 0.25) is 0 Å². The van der Waals surface area contributed by atoms with Gasteiger partial charge in [0.05, 0.1) is 30.9 Å². The standard InChI is InChI=1S/C11H13N3O/c1-12-9-7-13-14(8-9)10-3-5-11(15-2)6-4-10/h3-8,12H,1-2H3. The molecule has 0 saturated heterocycles. The number of rotatable bonds is 3. The number of benzene rings is 1. The van der Waals surface area contributed by atoms with E-state index in [0.717, 1.165) is 17.1 Å². The van der Waals surface area contributed by atoms with Crippen LogP contribution in [0.4, 0.5) is 5.69 Å². The molecule has 15 heavy (non-hydrogen) atoms. The molecule has 78 valence electrons. The predicted molar refractivity (Wildman–Crippen MR) is 59.7 cm³/mol. The van der Waals surface area contributed by atoms with Crippen molar-refractivity contribution >= 4 is 5.69 Å². The van der Waals surface area contributed by atoms with Crippen molar-refractivity contribution in [2.45, 2.75) is 0 Å². The van der Waals surface area contributed by atoms with Gasteiger partial charge in [0.15, 0.2) is 0 Å². The Morgan fingerprint density at radius 1 is 1.27 bits per heavy atom. The summed E-state index contributed by atoms with van der Waals surface area (Å²) >= 11 is 0. The lowest BCUT2D eigenvalue weighted by Gasteiger charge is -2.02. The molecule has 0 aliphatic carbocycles. The van der Waals surface area contributed by atoms with Crippen LogP contribution in [-0.4, -0.2) is 23.9 Å². The SMILES string of the molecule is CNc1cnn(-c2ccc(OC)cc2)c1. The normalized spacial score (nSPS) is 10.0. The van der Waals surface area contributed by atoms with E-state index in [9.17, 15) is 0 Å². The molecule has 1 heterocycles. The fraction of sp³-hybridized carbons (Fsp3) is 0.182. The van der Waals surface area contributed by atoms with Gasteiger partial charge in [-0.15, -0.1) is 0 Å². The Bertz CT molecular complexity index is 433. The van der Waals surface area contributed by atoms with E-state index in [1.165, 1.54) is 0 Å². The number of hydrogen-bond acceptors (Lipinski definition) is 3. The number of nitrogens with zero attached hydrogens (tertiary/aromatic N) is 2. The number of anilines is 1. The Hall–Kier alpha value is -1.97. The van der Waals surface area contributed by atoms with Crippen LogP contribution in [0.15, 0.2) is 36.7 Å². The summed E-state index contributed by atoms with van der Waals surface area (Å²) in [5.74, 6) is 0.847. The molecule has 2 aromatic rings. The van der Waals surface area contributed by atoms with Gasteiger partial charge in [0.1, 0.15) is 5.75 Å². The first kappa shape index (κ1) is 9.58. The van der Waals surface area contributed by atoms with Crippen molar-refractivity contribution in [3.63, 3.8) is 0 Å². The van der Waals surface area contributed by atoms with Gasteiger partial charge in [-0.2, -0.15) is 5.10 Å². The average molecular weight is 203 g/mol. The van der Waals surface area contributed by atoms with Crippen molar-refractivity contribution in [1.29, 1.82) is 0 Å². The van der Waals surface area contributed by atoms with E-state index in [0.29, 0.717) is 0 Å². The second kappa shape index (κ2) is 4.04. The number of ether oxygens (including phenoxy) is 1. The molecule has 0 aliphatic rings. The van der Waals surface area contributed by atoms with Gasteiger partial charge in [-0.05, 0) is 24.3 Å². The molecule has 1 N–H and O–H groups in total. The summed E-state index contributed by atoms with van der Waals surface area (Å²) in [4.78, 5) is 0. The minimum absolute atomic E-state index is 0.847. The first-order valence-electron chi connectivity index (χ1n) is 4.70. The molecule has 1 aromatic carbocycles. The molecule has 4 heteroatoms. The molecule has 1 aromatic heterocycles. The number of hydrogen-bond donors (Lipinski definition) is 1. The van der Waals surface area contributed by atoms with Crippen molar-refractivity contribution in [3.05, 3.63) is 36.7 Å². The number of aromatic nitrogens is 2. The van der Waals surface area contributed by atoms with Crippen LogP contribution in [0.3, 0.4) is 0 Å². The maximum Gasteiger partial charge on any atom is 0.119 e. The van der Waals surface area contributed by atoms with Gasteiger partial charge >= 0.3 is 0 Å². The molecular weight excluding hydrogens is 190 g/mol. The van der Waals surface area contributed by atoms with Crippen LogP contribution in [0.25, 0.3) is 5.69 Å². The molecule has 0 amide bonds. The largest absolute Gasteiger partial charge is 0.497 e. The van der Waals surface area contributed by atoms with Crippen molar-refractivity contribution in [3.8, 4) is 11.4 Å². The van der Waals surface area contributed by atoms with E-state index in [1.54, 1.807) is 13.3 Å². The Kier molecular flexibility index (Phi) is 2.58. The molecule has 0 fully saturated rings. The van der Waals surface area contributed by atoms with E-state index < -0.39 is 0 Å². The molecule has 0 saturated carbocycles. The second-order valence-electron chi connectivity index (χ2n) is 3.12. The van der Waals surface area contributed by atoms with E-state index in [2.05, 4.69) is 10.4 Å². The molecule has 0 bridgehead atoms. The zero-order valence-electron chi connectivity index (χ0n) is 8.77. The van der Waals surface area contributed by atoms with Gasteiger partial charge in [-0.1, -0.05) is 0 Å². The van der Waals surface area contributed by atoms with Crippen molar-refractivity contribution < 1.29 is 4.74 Å². The maximum absolute atomic E-state index is 5.09. The van der Waals surface area contributed by atoms with Crippen LogP contribution in [-0.2, 0) is 0 Å². The van der Waals surface area contributed by atoms with E-state index in [1.807, 2.05) is 42.2 Å². The fourth-order valence-corrected chi connectivity index (χ4v) is 1.33. The minimum atomic E-state index is 0.847. The third kappa shape index (κ3) is 1.93. The fourth-order valence-electron chi connectivity index (χ4n) is 1.33. The molecule has 4 nitrogen and oxygen atoms in total. The van der Waals surface area contributed by atoms with E-state index in [-0.39, 0.29) is 0 Å². The highest BCUT2D eigenvalue weighted by Gasteiger charge is 1.99. The quantitative estimate of drug-likeness (QED) is 0.828. The molecule has 0 spiro atoms. The summed E-state index contributed by atoms with van der Waals surface area (Å²) < 4.78 is 6.90. The van der Waals surface area contributed by atoms with Gasteiger partial charge in [-0.25, -0.2) is 4.68 Å². The average Bonchev–Trinajstić information content (AvgIpc) is 2.78. The summed E-state index contributed by atoms with van der Waals surface area (Å²) in [6, 6.07) is 7.75. The molecule has 0 aliphatic heterocycles. The van der Waals surface area contributed by atoms with E-state index >= 15 is 0 Å². The first-order valence-corrected chi connectivity index (χ1v) is 4.70. The zero-order chi connectivity index (χ0) is 10.7. The van der Waals surface area contributed by atoms with Crippen LogP contribution in [0.5, 0.6) is 5.75 Å². The van der Waals surface area contributed by atoms with Crippen molar-refractivity contribution in [2.24, 2.45) is 0 Å². The third-order valence-corrected chi connectivity index (χ3v) is 2.21. The van der Waals surface area contributed by atoms with E-state index in [4.69, 9.17) is 4.74 Å². The number of nitrogens with one attached hydrogen (secondary N) is 1. The summed E-state index contributed by atoms with van der Waals surface area (Å²) in [7, 11) is 3.53. The van der Waals surface area contributed by atoms with Crippen LogP contribution in [0, 0.1) is 0 Å². The Labute approximate surface area is 88.5 Å². The molecule has 2 rings (SSSR count). The van der Waals surface area contributed by atoms with Crippen LogP contribution in [0.1, 0.15) is 0 Å². The topological polar surface area (TPSA) is 39.1 Å². The lowest BCUT2D eigenvalue weighted by molar-refractivity contribution is 0.414. The Morgan fingerprint density at radius 3 is 2.53 bits per heavy atom. The highest BCUT2D eigenvalue weighted by Crippen LogP contribution is 2.15. The third-order valence-electron chi connectivity index (χ3n) is 2.21. The number of methoxy groups -OCH3 is 1. The summed E-state index contributed by atoms with van der Waals surface area (Å²) in [6.07, 6.45) is 3.71. The molecule has 0 unspecified atom stereocenters. The summed E-state index contributed by atoms with van der Waals surface area (Å²) in [5, 5.41) is 7.26. The van der Waals surface area contributed by atoms with Gasteiger partial charge in [0, 0.05) is 7.05 Å². The Balaban J connectivity index is 2.28. The van der Waals surface area contributed by atoms with Gasteiger partial charge in [-0.3, -0.25) is 0 Å². The monoisotopic (exact) mass is 203 g/mol. The van der Waals surface area contributed by atoms with Crippen LogP contribution in [0.2, 0.25) is 0 Å². The molecule has 0 atom stereocenters. The van der Waals surface area contributed by atoms with Crippen LogP contribution >= 0.6 is 0 Å². The smallest absolute Gasteiger partial charge is 0.119 e. The van der Waals surface area contributed by atoms with Crippen LogP contribution < -0.4 is 10.1 Å². The van der Waals surface area contributed by atoms with Gasteiger partial charge < -0.3 is 10.1 Å². The highest BCUT2D eigenvalue weighted by atomic mass is 16.5. The minimum Gasteiger partial charge on any atom is -0.497 e. The highest BCUT2D eigenvalue weighted by molar-refractivity contribution is 5.43. The zero-order valence-corrected chi connectivity index (χ0v) is 8.77. The Morgan fingerprint density at radius 2 is 2.00 bits per heavy atom. The second-order valence-corrected chi connectivity index (χ2v) is 3.12. The van der Waals surface area contributed by atoms with Gasteiger partial charge in [0.25, 0.3) is 0 Å². The first-order chi connectivity index (χ1) is 7.33.